The first-order valence-electron chi connectivity index (χ1n) is 10.1. The van der Waals surface area contributed by atoms with Crippen molar-refractivity contribution in [2.75, 3.05) is 12.4 Å². The van der Waals surface area contributed by atoms with Gasteiger partial charge in [0, 0.05) is 6.04 Å². The highest BCUT2D eigenvalue weighted by atomic mass is 35.5. The van der Waals surface area contributed by atoms with E-state index in [1.165, 1.54) is 0 Å². The van der Waals surface area contributed by atoms with Gasteiger partial charge in [0.1, 0.15) is 11.8 Å². The zero-order chi connectivity index (χ0) is 20.4. The van der Waals surface area contributed by atoms with E-state index in [1.807, 2.05) is 24.3 Å². The van der Waals surface area contributed by atoms with Crippen LogP contribution in [-0.4, -0.2) is 35.9 Å². The van der Waals surface area contributed by atoms with E-state index in [0.29, 0.717) is 34.4 Å². The molecule has 1 saturated carbocycles. The second kappa shape index (κ2) is 8.46. The summed E-state index contributed by atoms with van der Waals surface area (Å²) >= 11 is 6.22. The lowest BCUT2D eigenvalue weighted by Crippen LogP contribution is -2.48. The summed E-state index contributed by atoms with van der Waals surface area (Å²) in [4.78, 5) is 28.6. The zero-order valence-electron chi connectivity index (χ0n) is 16.4. The number of para-hydroxylation sites is 2. The molecule has 2 aromatic carbocycles. The molecule has 1 N–H and O–H groups in total. The second-order valence-corrected chi connectivity index (χ2v) is 8.15. The smallest absolute Gasteiger partial charge is 0.258 e. The average Bonchev–Trinajstić information content (AvgIpc) is 3.14. The molecule has 4 rings (SSSR count). The summed E-state index contributed by atoms with van der Waals surface area (Å²) in [6, 6.07) is 13.9. The summed E-state index contributed by atoms with van der Waals surface area (Å²) < 4.78 is 5.40. The van der Waals surface area contributed by atoms with E-state index in [-0.39, 0.29) is 17.9 Å². The van der Waals surface area contributed by atoms with Gasteiger partial charge in [-0.3, -0.25) is 9.59 Å². The van der Waals surface area contributed by atoms with Crippen LogP contribution < -0.4 is 10.1 Å². The summed E-state index contributed by atoms with van der Waals surface area (Å²) in [6.45, 7) is 0. The Hall–Kier alpha value is -2.53. The third-order valence-corrected chi connectivity index (χ3v) is 6.42. The fourth-order valence-electron chi connectivity index (χ4n) is 4.73. The number of ether oxygens (including phenoxy) is 1. The first-order valence-corrected chi connectivity index (χ1v) is 10.5. The molecule has 2 aromatic rings. The second-order valence-electron chi connectivity index (χ2n) is 7.75. The fourth-order valence-corrected chi connectivity index (χ4v) is 4.91. The zero-order valence-corrected chi connectivity index (χ0v) is 17.2. The SMILES string of the molecule is COc1ccccc1C(=O)N1C(C(=O)Nc2ccccc2Cl)CC2CCCCC21. The number of halogens is 1. The van der Waals surface area contributed by atoms with E-state index < -0.39 is 6.04 Å². The van der Waals surface area contributed by atoms with Crippen LogP contribution >= 0.6 is 11.6 Å². The van der Waals surface area contributed by atoms with Crippen LogP contribution in [0.1, 0.15) is 42.5 Å². The van der Waals surface area contributed by atoms with Gasteiger partial charge in [0.05, 0.1) is 23.4 Å². The topological polar surface area (TPSA) is 58.6 Å². The predicted molar refractivity (Wildman–Crippen MR) is 113 cm³/mol. The monoisotopic (exact) mass is 412 g/mol. The van der Waals surface area contributed by atoms with Crippen LogP contribution in [0.5, 0.6) is 5.75 Å². The summed E-state index contributed by atoms with van der Waals surface area (Å²) in [6.07, 6.45) is 4.89. The number of carbonyl (C=O) groups excluding carboxylic acids is 2. The Kier molecular flexibility index (Phi) is 5.76. The molecular formula is C23H25ClN2O3. The van der Waals surface area contributed by atoms with Crippen LogP contribution in [0.3, 0.4) is 0 Å². The molecule has 1 aliphatic heterocycles. The number of hydrogen-bond donors (Lipinski definition) is 1. The Labute approximate surface area is 176 Å². The number of carbonyl (C=O) groups is 2. The van der Waals surface area contributed by atoms with E-state index in [9.17, 15) is 9.59 Å². The summed E-state index contributed by atoms with van der Waals surface area (Å²) in [5, 5.41) is 3.42. The molecule has 2 fully saturated rings. The van der Waals surface area contributed by atoms with Crippen molar-refractivity contribution in [1.82, 2.24) is 4.90 Å². The van der Waals surface area contributed by atoms with E-state index in [2.05, 4.69) is 5.32 Å². The number of rotatable bonds is 4. The van der Waals surface area contributed by atoms with Crippen LogP contribution in [0, 0.1) is 5.92 Å². The van der Waals surface area contributed by atoms with Gasteiger partial charge in [0.25, 0.3) is 5.91 Å². The summed E-state index contributed by atoms with van der Waals surface area (Å²) in [5.74, 6) is 0.554. The summed E-state index contributed by atoms with van der Waals surface area (Å²) in [7, 11) is 1.56. The highest BCUT2D eigenvalue weighted by Gasteiger charge is 2.48. The number of amides is 2. The Morgan fingerprint density at radius 1 is 1.07 bits per heavy atom. The third-order valence-electron chi connectivity index (χ3n) is 6.09. The molecule has 6 heteroatoms. The van der Waals surface area contributed by atoms with Crippen molar-refractivity contribution < 1.29 is 14.3 Å². The minimum Gasteiger partial charge on any atom is -0.496 e. The molecule has 0 bridgehead atoms. The van der Waals surface area contributed by atoms with Crippen LogP contribution in [0.2, 0.25) is 5.02 Å². The molecule has 1 heterocycles. The van der Waals surface area contributed by atoms with Crippen molar-refractivity contribution in [2.24, 2.45) is 5.92 Å². The molecule has 3 atom stereocenters. The minimum atomic E-state index is -0.517. The number of benzene rings is 2. The number of methoxy groups -OCH3 is 1. The molecule has 29 heavy (non-hydrogen) atoms. The van der Waals surface area contributed by atoms with Crippen LogP contribution in [0.25, 0.3) is 0 Å². The lowest BCUT2D eigenvalue weighted by molar-refractivity contribution is -0.120. The van der Waals surface area contributed by atoms with Gasteiger partial charge >= 0.3 is 0 Å². The Morgan fingerprint density at radius 3 is 2.59 bits per heavy atom. The maximum atomic E-state index is 13.6. The van der Waals surface area contributed by atoms with Gasteiger partial charge in [0.2, 0.25) is 5.91 Å². The third kappa shape index (κ3) is 3.84. The maximum Gasteiger partial charge on any atom is 0.258 e. The maximum absolute atomic E-state index is 13.6. The molecule has 0 spiro atoms. The van der Waals surface area contributed by atoms with Gasteiger partial charge < -0.3 is 15.0 Å². The van der Waals surface area contributed by atoms with E-state index in [0.717, 1.165) is 25.7 Å². The lowest BCUT2D eigenvalue weighted by atomic mass is 9.84. The Balaban J connectivity index is 1.65. The molecule has 0 radical (unpaired) electrons. The Morgan fingerprint density at radius 2 is 1.79 bits per heavy atom. The van der Waals surface area contributed by atoms with Gasteiger partial charge in [-0.2, -0.15) is 0 Å². The van der Waals surface area contributed by atoms with Crippen molar-refractivity contribution >= 4 is 29.1 Å². The van der Waals surface area contributed by atoms with Crippen LogP contribution in [-0.2, 0) is 4.79 Å². The number of anilines is 1. The number of nitrogens with zero attached hydrogens (tertiary/aromatic N) is 1. The largest absolute Gasteiger partial charge is 0.496 e. The van der Waals surface area contributed by atoms with Gasteiger partial charge in [0.15, 0.2) is 0 Å². The van der Waals surface area contributed by atoms with Crippen molar-refractivity contribution in [2.45, 2.75) is 44.2 Å². The molecule has 0 aromatic heterocycles. The van der Waals surface area contributed by atoms with Gasteiger partial charge in [-0.05, 0) is 49.4 Å². The van der Waals surface area contributed by atoms with Crippen molar-refractivity contribution in [1.29, 1.82) is 0 Å². The van der Waals surface area contributed by atoms with E-state index in [4.69, 9.17) is 16.3 Å². The van der Waals surface area contributed by atoms with E-state index in [1.54, 1.807) is 36.3 Å². The van der Waals surface area contributed by atoms with Gasteiger partial charge in [-0.15, -0.1) is 0 Å². The summed E-state index contributed by atoms with van der Waals surface area (Å²) in [5.41, 5.74) is 1.07. The first kappa shape index (κ1) is 19.8. The van der Waals surface area contributed by atoms with Crippen molar-refractivity contribution in [3.05, 3.63) is 59.1 Å². The van der Waals surface area contributed by atoms with Crippen molar-refractivity contribution in [3.63, 3.8) is 0 Å². The highest BCUT2D eigenvalue weighted by Crippen LogP contribution is 2.41. The molecule has 1 saturated heterocycles. The fraction of sp³-hybridized carbons (Fsp3) is 0.391. The number of fused-ring (bicyclic) bond motifs is 1. The quantitative estimate of drug-likeness (QED) is 0.787. The van der Waals surface area contributed by atoms with Gasteiger partial charge in [-0.1, -0.05) is 48.7 Å². The van der Waals surface area contributed by atoms with Crippen molar-refractivity contribution in [3.8, 4) is 5.75 Å². The highest BCUT2D eigenvalue weighted by molar-refractivity contribution is 6.33. The molecule has 2 amide bonds. The Bertz CT molecular complexity index is 917. The molecule has 2 aliphatic rings. The average molecular weight is 413 g/mol. The molecule has 152 valence electrons. The first-order chi connectivity index (χ1) is 14.1. The number of likely N-dealkylation sites (tertiary alicyclic amines) is 1. The molecular weight excluding hydrogens is 388 g/mol. The predicted octanol–water partition coefficient (Wildman–Crippen LogP) is 4.76. The number of nitrogens with one attached hydrogen (secondary N) is 1. The van der Waals surface area contributed by atoms with Crippen LogP contribution in [0.4, 0.5) is 5.69 Å². The number of hydrogen-bond acceptors (Lipinski definition) is 3. The molecule has 3 unspecified atom stereocenters. The lowest BCUT2D eigenvalue weighted by Gasteiger charge is -2.34. The standard InChI is InChI=1S/C23H25ClN2O3/c1-29-21-13-7-3-9-16(21)23(28)26-19-12-6-2-8-15(19)14-20(26)22(27)25-18-11-5-4-10-17(18)24/h3-5,7,9-11,13,15,19-20H,2,6,8,12,14H2,1H3,(H,25,27). The van der Waals surface area contributed by atoms with Crippen LogP contribution in [0.15, 0.2) is 48.5 Å². The molecule has 1 aliphatic carbocycles. The molecule has 5 nitrogen and oxygen atoms in total. The normalized spacial score (nSPS) is 23.4. The minimum absolute atomic E-state index is 0.0863. The van der Waals surface area contributed by atoms with Gasteiger partial charge in [-0.25, -0.2) is 0 Å². The van der Waals surface area contributed by atoms with E-state index >= 15 is 0 Å².